The molecule has 2 atom stereocenters. The Morgan fingerprint density at radius 3 is 2.60 bits per heavy atom. The molecule has 0 aromatic rings. The number of hydrogen-bond donors (Lipinski definition) is 3. The summed E-state index contributed by atoms with van der Waals surface area (Å²) in [6, 6.07) is 0.227. The largest absolute Gasteiger partial charge is 0.387 e. The lowest BCUT2D eigenvalue weighted by Gasteiger charge is -1.97. The summed E-state index contributed by atoms with van der Waals surface area (Å²) in [6.07, 6.45) is 0.839. The summed E-state index contributed by atoms with van der Waals surface area (Å²) in [4.78, 5) is 10.4. The quantitative estimate of drug-likeness (QED) is 0.473. The Hall–Kier alpha value is -0.320. The van der Waals surface area contributed by atoms with Gasteiger partial charge in [-0.3, -0.25) is 4.79 Å². The summed E-state index contributed by atoms with van der Waals surface area (Å²) in [5.41, 5.74) is 5.37. The van der Waals surface area contributed by atoms with E-state index in [-0.39, 0.29) is 30.4 Å². The fourth-order valence-corrected chi connectivity index (χ4v) is 0.633. The number of halogens is 1. The van der Waals surface area contributed by atoms with E-state index in [0.717, 1.165) is 6.42 Å². The Kier molecular flexibility index (Phi) is 3.63. The van der Waals surface area contributed by atoms with E-state index < -0.39 is 6.61 Å². The van der Waals surface area contributed by atoms with Gasteiger partial charge in [-0.25, -0.2) is 0 Å². The van der Waals surface area contributed by atoms with Crippen molar-refractivity contribution in [1.82, 2.24) is 5.32 Å². The molecular formula is C5H11ClN2O2. The average Bonchev–Trinajstić information content (AvgIpc) is 2.47. The predicted octanol–water partition coefficient (Wildman–Crippen LogP) is -1.38. The van der Waals surface area contributed by atoms with Crippen molar-refractivity contribution in [3.05, 3.63) is 0 Å². The molecule has 5 heteroatoms. The maximum absolute atomic E-state index is 10.4. The lowest BCUT2D eigenvalue weighted by molar-refractivity contribution is -0.123. The van der Waals surface area contributed by atoms with Crippen molar-refractivity contribution in [2.24, 2.45) is 5.73 Å². The molecule has 4 N–H and O–H groups in total. The minimum absolute atomic E-state index is 0. The number of aliphatic hydroxyl groups is 1. The molecule has 1 rings (SSSR count). The van der Waals surface area contributed by atoms with Crippen LogP contribution in [0.4, 0.5) is 0 Å². The van der Waals surface area contributed by atoms with Gasteiger partial charge in [-0.15, -0.1) is 12.4 Å². The number of carbonyl (C=O) groups excluding carboxylic acids is 1. The molecule has 0 aromatic carbocycles. The smallest absolute Gasteiger partial charge is 0.245 e. The number of rotatable bonds is 2. The maximum Gasteiger partial charge on any atom is 0.245 e. The zero-order valence-electron chi connectivity index (χ0n) is 5.41. The topological polar surface area (TPSA) is 75.3 Å². The third-order valence-electron chi connectivity index (χ3n) is 1.33. The molecule has 60 valence electrons. The van der Waals surface area contributed by atoms with Crippen LogP contribution in [0, 0.1) is 0 Å². The van der Waals surface area contributed by atoms with Crippen LogP contribution in [-0.2, 0) is 4.79 Å². The Balaban J connectivity index is 0.000000810. The van der Waals surface area contributed by atoms with Gasteiger partial charge in [-0.05, 0) is 6.42 Å². The lowest BCUT2D eigenvalue weighted by atomic mass is 10.6. The Morgan fingerprint density at radius 1 is 1.80 bits per heavy atom. The third kappa shape index (κ3) is 2.51. The van der Waals surface area contributed by atoms with E-state index in [0.29, 0.717) is 0 Å². The summed E-state index contributed by atoms with van der Waals surface area (Å²) in [5, 5.41) is 10.8. The fraction of sp³-hybridized carbons (Fsp3) is 0.800. The molecule has 1 aliphatic rings. The minimum atomic E-state index is -0.441. The van der Waals surface area contributed by atoms with Gasteiger partial charge in [-0.1, -0.05) is 0 Å². The zero-order chi connectivity index (χ0) is 6.85. The van der Waals surface area contributed by atoms with Crippen molar-refractivity contribution in [3.63, 3.8) is 0 Å². The van der Waals surface area contributed by atoms with E-state index >= 15 is 0 Å². The predicted molar refractivity (Wildman–Crippen MR) is 38.9 cm³/mol. The first-order chi connectivity index (χ1) is 4.24. The number of carbonyl (C=O) groups is 1. The first kappa shape index (κ1) is 9.68. The highest BCUT2D eigenvalue weighted by atomic mass is 35.5. The molecule has 0 aliphatic heterocycles. The molecule has 0 spiro atoms. The second-order valence-electron chi connectivity index (χ2n) is 2.23. The van der Waals surface area contributed by atoms with Gasteiger partial charge in [-0.2, -0.15) is 0 Å². The fourth-order valence-electron chi connectivity index (χ4n) is 0.633. The monoisotopic (exact) mass is 166 g/mol. The summed E-state index contributed by atoms with van der Waals surface area (Å²) in [6.45, 7) is -0.441. The van der Waals surface area contributed by atoms with Crippen molar-refractivity contribution >= 4 is 18.3 Å². The molecular weight excluding hydrogens is 156 g/mol. The third-order valence-corrected chi connectivity index (χ3v) is 1.33. The SMILES string of the molecule is Cl.NC1CC1NC(=O)CO. The lowest BCUT2D eigenvalue weighted by Crippen LogP contribution is -2.31. The molecule has 1 saturated carbocycles. The molecule has 1 fully saturated rings. The van der Waals surface area contributed by atoms with Gasteiger partial charge in [0, 0.05) is 12.1 Å². The van der Waals surface area contributed by atoms with Crippen molar-refractivity contribution in [2.75, 3.05) is 6.61 Å². The first-order valence-corrected chi connectivity index (χ1v) is 2.90. The standard InChI is InChI=1S/C5H10N2O2.ClH/c6-3-1-4(3)7-5(9)2-8;/h3-4,8H,1-2,6H2,(H,7,9);1H. The maximum atomic E-state index is 10.4. The molecule has 1 amide bonds. The summed E-state index contributed by atoms with van der Waals surface area (Å²) in [5.74, 6) is -0.340. The number of aliphatic hydroxyl groups excluding tert-OH is 1. The number of nitrogens with one attached hydrogen (secondary N) is 1. The Labute approximate surface area is 65.2 Å². The molecule has 10 heavy (non-hydrogen) atoms. The van der Waals surface area contributed by atoms with Gasteiger partial charge in [0.25, 0.3) is 0 Å². The van der Waals surface area contributed by atoms with Crippen LogP contribution in [0.1, 0.15) is 6.42 Å². The van der Waals surface area contributed by atoms with Crippen LogP contribution in [0.5, 0.6) is 0 Å². The van der Waals surface area contributed by atoms with Crippen molar-refractivity contribution in [1.29, 1.82) is 0 Å². The summed E-state index contributed by atoms with van der Waals surface area (Å²) < 4.78 is 0. The second-order valence-corrected chi connectivity index (χ2v) is 2.23. The second kappa shape index (κ2) is 3.75. The van der Waals surface area contributed by atoms with Crippen molar-refractivity contribution < 1.29 is 9.90 Å². The minimum Gasteiger partial charge on any atom is -0.387 e. The summed E-state index contributed by atoms with van der Waals surface area (Å²) in [7, 11) is 0. The normalized spacial score (nSPS) is 28.6. The van der Waals surface area contributed by atoms with E-state index in [1.807, 2.05) is 0 Å². The van der Waals surface area contributed by atoms with Crippen LogP contribution < -0.4 is 11.1 Å². The van der Waals surface area contributed by atoms with Gasteiger partial charge in [0.1, 0.15) is 6.61 Å². The Bertz CT molecular complexity index is 131. The number of nitrogens with two attached hydrogens (primary N) is 1. The highest BCUT2D eigenvalue weighted by molar-refractivity contribution is 5.85. The molecule has 0 heterocycles. The molecule has 4 nitrogen and oxygen atoms in total. The van der Waals surface area contributed by atoms with Gasteiger partial charge >= 0.3 is 0 Å². The van der Waals surface area contributed by atoms with E-state index in [2.05, 4.69) is 5.32 Å². The highest BCUT2D eigenvalue weighted by Crippen LogP contribution is 2.16. The van der Waals surface area contributed by atoms with Gasteiger partial charge in [0.05, 0.1) is 0 Å². The number of amides is 1. The van der Waals surface area contributed by atoms with E-state index in [1.54, 1.807) is 0 Å². The van der Waals surface area contributed by atoms with Crippen LogP contribution in [-0.4, -0.2) is 29.7 Å². The van der Waals surface area contributed by atoms with Gasteiger partial charge in [0.2, 0.25) is 5.91 Å². The van der Waals surface area contributed by atoms with E-state index in [9.17, 15) is 4.79 Å². The van der Waals surface area contributed by atoms with Crippen molar-refractivity contribution in [2.45, 2.75) is 18.5 Å². The summed E-state index contributed by atoms with van der Waals surface area (Å²) >= 11 is 0. The highest BCUT2D eigenvalue weighted by Gasteiger charge is 2.34. The molecule has 0 aromatic heterocycles. The van der Waals surface area contributed by atoms with Crippen molar-refractivity contribution in [3.8, 4) is 0 Å². The molecule has 0 radical (unpaired) electrons. The molecule has 2 unspecified atom stereocenters. The van der Waals surface area contributed by atoms with E-state index in [4.69, 9.17) is 10.8 Å². The average molecular weight is 167 g/mol. The number of hydrogen-bond acceptors (Lipinski definition) is 3. The van der Waals surface area contributed by atoms with Crippen LogP contribution >= 0.6 is 12.4 Å². The molecule has 1 aliphatic carbocycles. The zero-order valence-corrected chi connectivity index (χ0v) is 6.23. The van der Waals surface area contributed by atoms with Crippen LogP contribution in [0.25, 0.3) is 0 Å². The van der Waals surface area contributed by atoms with Gasteiger partial charge < -0.3 is 16.2 Å². The van der Waals surface area contributed by atoms with Crippen LogP contribution in [0.2, 0.25) is 0 Å². The molecule has 0 saturated heterocycles. The van der Waals surface area contributed by atoms with Crippen LogP contribution in [0.15, 0.2) is 0 Å². The Morgan fingerprint density at radius 2 is 2.30 bits per heavy atom. The van der Waals surface area contributed by atoms with E-state index in [1.165, 1.54) is 0 Å². The van der Waals surface area contributed by atoms with Crippen LogP contribution in [0.3, 0.4) is 0 Å². The van der Waals surface area contributed by atoms with Gasteiger partial charge in [0.15, 0.2) is 0 Å². The molecule has 0 bridgehead atoms. The first-order valence-electron chi connectivity index (χ1n) is 2.90.